The Morgan fingerprint density at radius 1 is 1.06 bits per heavy atom. The third-order valence-corrected chi connectivity index (χ3v) is 5.74. The fraction of sp³-hybridized carbons (Fsp3) is 0.160. The van der Waals surface area contributed by atoms with E-state index in [4.69, 9.17) is 32.7 Å². The first-order chi connectivity index (χ1) is 16.4. The molecule has 4 aromatic rings. The van der Waals surface area contributed by atoms with Gasteiger partial charge in [0.2, 0.25) is 0 Å². The van der Waals surface area contributed by atoms with Crippen molar-refractivity contribution in [1.82, 2.24) is 9.97 Å². The monoisotopic (exact) mass is 497 g/mol. The number of methoxy groups -OCH3 is 1. The summed E-state index contributed by atoms with van der Waals surface area (Å²) in [6.07, 6.45) is -0.723. The molecule has 0 aliphatic rings. The number of aromatic amines is 1. The second-order valence-electron chi connectivity index (χ2n) is 7.46. The molecule has 0 aliphatic heterocycles. The standard InChI is InChI=1S/C25H21Cl2N3O4/c1-3-22(24(31)30-20-13-16(26)7-10-18(20)27)34-25(32)15-6-11-19-21(12-15)29-23(28-19)14-4-8-17(33-2)9-5-14/h4-13,22H,3H2,1-2H3,(H,28,29)(H,30,31). The maximum Gasteiger partial charge on any atom is 0.338 e. The van der Waals surface area contributed by atoms with E-state index in [-0.39, 0.29) is 6.42 Å². The fourth-order valence-electron chi connectivity index (χ4n) is 3.35. The van der Waals surface area contributed by atoms with Gasteiger partial charge in [-0.2, -0.15) is 0 Å². The van der Waals surface area contributed by atoms with Gasteiger partial charge >= 0.3 is 5.97 Å². The van der Waals surface area contributed by atoms with E-state index in [0.717, 1.165) is 11.3 Å². The van der Waals surface area contributed by atoms with Gasteiger partial charge in [0.05, 0.1) is 34.4 Å². The number of nitrogens with one attached hydrogen (secondary N) is 2. The molecule has 1 atom stereocenters. The average Bonchev–Trinajstić information content (AvgIpc) is 3.28. The number of carbonyl (C=O) groups is 2. The van der Waals surface area contributed by atoms with Gasteiger partial charge in [-0.3, -0.25) is 4.79 Å². The van der Waals surface area contributed by atoms with Crippen molar-refractivity contribution in [3.63, 3.8) is 0 Å². The van der Waals surface area contributed by atoms with E-state index in [1.54, 1.807) is 44.4 Å². The zero-order valence-corrected chi connectivity index (χ0v) is 19.9. The van der Waals surface area contributed by atoms with Crippen LogP contribution in [-0.2, 0) is 9.53 Å². The number of carbonyl (C=O) groups excluding carboxylic acids is 2. The Morgan fingerprint density at radius 3 is 2.53 bits per heavy atom. The van der Waals surface area contributed by atoms with Crippen LogP contribution in [0.2, 0.25) is 10.0 Å². The van der Waals surface area contributed by atoms with Gasteiger partial charge in [-0.05, 0) is 67.1 Å². The van der Waals surface area contributed by atoms with Gasteiger partial charge in [0.1, 0.15) is 11.6 Å². The number of imidazole rings is 1. The van der Waals surface area contributed by atoms with Crippen LogP contribution in [-0.4, -0.2) is 35.1 Å². The molecule has 2 N–H and O–H groups in total. The smallest absolute Gasteiger partial charge is 0.338 e. The molecule has 1 unspecified atom stereocenters. The van der Waals surface area contributed by atoms with Crippen molar-refractivity contribution < 1.29 is 19.1 Å². The minimum Gasteiger partial charge on any atom is -0.497 e. The van der Waals surface area contributed by atoms with Crippen LogP contribution < -0.4 is 10.1 Å². The van der Waals surface area contributed by atoms with E-state index in [1.165, 1.54) is 6.07 Å². The molecule has 0 saturated carbocycles. The Kier molecular flexibility index (Phi) is 7.05. The number of nitrogens with zero attached hydrogens (tertiary/aromatic N) is 1. The van der Waals surface area contributed by atoms with Gasteiger partial charge in [-0.15, -0.1) is 0 Å². The van der Waals surface area contributed by atoms with E-state index in [9.17, 15) is 9.59 Å². The first-order valence-electron chi connectivity index (χ1n) is 10.5. The summed E-state index contributed by atoms with van der Waals surface area (Å²) < 4.78 is 10.7. The first kappa shape index (κ1) is 23.6. The minimum atomic E-state index is -1.00. The number of H-pyrrole nitrogens is 1. The van der Waals surface area contributed by atoms with Crippen LogP contribution in [0.15, 0.2) is 60.7 Å². The molecule has 0 aliphatic carbocycles. The van der Waals surface area contributed by atoms with E-state index < -0.39 is 18.0 Å². The molecular formula is C25H21Cl2N3O4. The molecule has 0 bridgehead atoms. The molecule has 0 saturated heterocycles. The number of halogens is 2. The van der Waals surface area contributed by atoms with Crippen LogP contribution in [0.5, 0.6) is 5.75 Å². The lowest BCUT2D eigenvalue weighted by Gasteiger charge is -2.17. The van der Waals surface area contributed by atoms with Crippen molar-refractivity contribution in [2.24, 2.45) is 0 Å². The predicted octanol–water partition coefficient (Wildman–Crippen LogP) is 6.12. The van der Waals surface area contributed by atoms with Crippen LogP contribution in [0.3, 0.4) is 0 Å². The van der Waals surface area contributed by atoms with Crippen LogP contribution >= 0.6 is 23.2 Å². The van der Waals surface area contributed by atoms with Crippen molar-refractivity contribution >= 4 is 51.8 Å². The topological polar surface area (TPSA) is 93.3 Å². The largest absolute Gasteiger partial charge is 0.497 e. The number of ether oxygens (including phenoxy) is 2. The molecule has 0 fully saturated rings. The van der Waals surface area contributed by atoms with Crippen LogP contribution in [0.25, 0.3) is 22.4 Å². The van der Waals surface area contributed by atoms with Gasteiger partial charge in [0.15, 0.2) is 6.10 Å². The Morgan fingerprint density at radius 2 is 1.82 bits per heavy atom. The SMILES string of the molecule is CCC(OC(=O)c1ccc2nc(-c3ccc(OC)cc3)[nH]c2c1)C(=O)Nc1cc(Cl)ccc1Cl. The zero-order chi connectivity index (χ0) is 24.2. The summed E-state index contributed by atoms with van der Waals surface area (Å²) in [7, 11) is 1.61. The molecule has 1 heterocycles. The van der Waals surface area contributed by atoms with E-state index >= 15 is 0 Å². The third-order valence-electron chi connectivity index (χ3n) is 5.18. The minimum absolute atomic E-state index is 0.281. The highest BCUT2D eigenvalue weighted by Crippen LogP contribution is 2.26. The lowest BCUT2D eigenvalue weighted by atomic mass is 10.2. The van der Waals surface area contributed by atoms with E-state index in [0.29, 0.717) is 38.2 Å². The summed E-state index contributed by atoms with van der Waals surface area (Å²) in [5.74, 6) is 0.288. The maximum atomic E-state index is 12.8. The number of fused-ring (bicyclic) bond motifs is 1. The highest BCUT2D eigenvalue weighted by atomic mass is 35.5. The molecule has 3 aromatic carbocycles. The van der Waals surface area contributed by atoms with Gasteiger partial charge in [0.25, 0.3) is 5.91 Å². The number of hydrogen-bond donors (Lipinski definition) is 2. The number of anilines is 1. The molecule has 1 amide bonds. The average molecular weight is 498 g/mol. The summed E-state index contributed by atoms with van der Waals surface area (Å²) in [4.78, 5) is 33.2. The van der Waals surface area contributed by atoms with Crippen LogP contribution in [0, 0.1) is 0 Å². The number of rotatable bonds is 7. The predicted molar refractivity (Wildman–Crippen MR) is 133 cm³/mol. The molecule has 1 aromatic heterocycles. The summed E-state index contributed by atoms with van der Waals surface area (Å²) in [5.41, 5.74) is 2.89. The second-order valence-corrected chi connectivity index (χ2v) is 8.31. The Hall–Kier alpha value is -3.55. The molecule has 34 heavy (non-hydrogen) atoms. The zero-order valence-electron chi connectivity index (χ0n) is 18.4. The number of esters is 1. The van der Waals surface area contributed by atoms with Gasteiger partial charge in [0, 0.05) is 10.6 Å². The van der Waals surface area contributed by atoms with E-state index in [2.05, 4.69) is 15.3 Å². The molecule has 0 spiro atoms. The van der Waals surface area contributed by atoms with E-state index in [1.807, 2.05) is 24.3 Å². The Bertz CT molecular complexity index is 1350. The fourth-order valence-corrected chi connectivity index (χ4v) is 3.69. The third kappa shape index (κ3) is 5.16. The van der Waals surface area contributed by atoms with Crippen LogP contribution in [0.1, 0.15) is 23.7 Å². The number of aromatic nitrogens is 2. The highest BCUT2D eigenvalue weighted by Gasteiger charge is 2.23. The number of hydrogen-bond acceptors (Lipinski definition) is 5. The molecule has 9 heteroatoms. The lowest BCUT2D eigenvalue weighted by Crippen LogP contribution is -2.32. The number of amides is 1. The van der Waals surface area contributed by atoms with Crippen molar-refractivity contribution in [2.45, 2.75) is 19.4 Å². The molecule has 7 nitrogen and oxygen atoms in total. The summed E-state index contributed by atoms with van der Waals surface area (Å²) in [5, 5.41) is 3.41. The van der Waals surface area contributed by atoms with Crippen LogP contribution in [0.4, 0.5) is 5.69 Å². The number of benzene rings is 3. The van der Waals surface area contributed by atoms with Gasteiger partial charge in [-0.25, -0.2) is 9.78 Å². The Balaban J connectivity index is 1.49. The van der Waals surface area contributed by atoms with Gasteiger partial charge < -0.3 is 19.8 Å². The summed E-state index contributed by atoms with van der Waals surface area (Å²) in [6, 6.07) is 17.2. The van der Waals surface area contributed by atoms with Crippen molar-refractivity contribution in [2.75, 3.05) is 12.4 Å². The molecular weight excluding hydrogens is 477 g/mol. The van der Waals surface area contributed by atoms with Crippen molar-refractivity contribution in [3.8, 4) is 17.1 Å². The highest BCUT2D eigenvalue weighted by molar-refractivity contribution is 6.35. The second kappa shape index (κ2) is 10.2. The molecule has 174 valence electrons. The first-order valence-corrected chi connectivity index (χ1v) is 11.2. The van der Waals surface area contributed by atoms with Crippen molar-refractivity contribution in [3.05, 3.63) is 76.3 Å². The summed E-state index contributed by atoms with van der Waals surface area (Å²) >= 11 is 12.1. The lowest BCUT2D eigenvalue weighted by molar-refractivity contribution is -0.124. The normalized spacial score (nSPS) is 11.8. The Labute approximate surface area is 206 Å². The van der Waals surface area contributed by atoms with Gasteiger partial charge in [-0.1, -0.05) is 30.1 Å². The molecule has 4 rings (SSSR count). The van der Waals surface area contributed by atoms with Crippen molar-refractivity contribution in [1.29, 1.82) is 0 Å². The maximum absolute atomic E-state index is 12.8. The molecule has 0 radical (unpaired) electrons. The quantitative estimate of drug-likeness (QED) is 0.300. The summed E-state index contributed by atoms with van der Waals surface area (Å²) in [6.45, 7) is 1.75.